The highest BCUT2D eigenvalue weighted by Gasteiger charge is 2.30. The molecule has 0 saturated carbocycles. The number of methoxy groups -OCH3 is 1. The molecule has 11 heteroatoms. The maximum atomic E-state index is 13.5. The van der Waals surface area contributed by atoms with Crippen molar-refractivity contribution in [3.05, 3.63) is 69.5 Å². The van der Waals surface area contributed by atoms with Crippen molar-refractivity contribution in [1.82, 2.24) is 10.6 Å². The molecular weight excluding hydrogens is 634 g/mol. The van der Waals surface area contributed by atoms with Gasteiger partial charge in [0.05, 0.1) is 16.5 Å². The number of carbonyl (C=O) groups is 3. The predicted molar refractivity (Wildman–Crippen MR) is 171 cm³/mol. The number of halogens is 1. The number of hydrogen-bond donors (Lipinski definition) is 3. The highest BCUT2D eigenvalue weighted by molar-refractivity contribution is 9.10. The van der Waals surface area contributed by atoms with Crippen molar-refractivity contribution in [1.29, 1.82) is 0 Å². The van der Waals surface area contributed by atoms with Crippen LogP contribution in [-0.4, -0.2) is 56.3 Å². The minimum atomic E-state index is -0.666. The van der Waals surface area contributed by atoms with E-state index >= 15 is 0 Å². The molecule has 4 rings (SSSR count). The molecule has 1 unspecified atom stereocenters. The molecule has 2 heterocycles. The second kappa shape index (κ2) is 14.9. The van der Waals surface area contributed by atoms with Crippen molar-refractivity contribution >= 4 is 50.8 Å². The molecule has 1 saturated heterocycles. The smallest absolute Gasteiger partial charge is 0.351 e. The van der Waals surface area contributed by atoms with Crippen LogP contribution in [0.25, 0.3) is 10.4 Å². The van der Waals surface area contributed by atoms with Gasteiger partial charge in [-0.05, 0) is 91.8 Å². The van der Waals surface area contributed by atoms with Crippen LogP contribution in [0.1, 0.15) is 48.8 Å². The molecule has 1 aliphatic rings. The summed E-state index contributed by atoms with van der Waals surface area (Å²) in [6, 6.07) is 17.1. The number of esters is 2. The fourth-order valence-electron chi connectivity index (χ4n) is 4.84. The van der Waals surface area contributed by atoms with E-state index in [1.54, 1.807) is 20.8 Å². The molecule has 9 nitrogen and oxygen atoms in total. The molecule has 1 aromatic heterocycles. The molecule has 0 radical (unpaired) electrons. The van der Waals surface area contributed by atoms with E-state index < -0.39 is 23.6 Å². The average Bonchev–Trinajstić information content (AvgIpc) is 3.33. The molecule has 2 aromatic carbocycles. The number of anilines is 1. The second-order valence-electron chi connectivity index (χ2n) is 11.3. The van der Waals surface area contributed by atoms with Crippen LogP contribution in [0.2, 0.25) is 0 Å². The number of piperidine rings is 1. The van der Waals surface area contributed by atoms with Crippen molar-refractivity contribution in [2.45, 2.75) is 51.8 Å². The summed E-state index contributed by atoms with van der Waals surface area (Å²) in [5.74, 6) is -0.809. The zero-order valence-electron chi connectivity index (χ0n) is 24.8. The first-order valence-corrected chi connectivity index (χ1v) is 15.8. The molecule has 1 amide bonds. The summed E-state index contributed by atoms with van der Waals surface area (Å²) in [7, 11) is 1.29. The van der Waals surface area contributed by atoms with Crippen LogP contribution in [0.15, 0.2) is 59.1 Å². The summed E-state index contributed by atoms with van der Waals surface area (Å²) in [6.07, 6.45) is 1.76. The normalized spacial score (nSPS) is 14.4. The molecule has 0 bridgehead atoms. The van der Waals surface area contributed by atoms with Crippen LogP contribution < -0.4 is 20.7 Å². The Morgan fingerprint density at radius 1 is 1.07 bits per heavy atom. The van der Waals surface area contributed by atoms with E-state index in [1.165, 1.54) is 18.4 Å². The highest BCUT2D eigenvalue weighted by atomic mass is 79.9. The first kappa shape index (κ1) is 32.5. The van der Waals surface area contributed by atoms with Gasteiger partial charge in [-0.3, -0.25) is 4.79 Å². The van der Waals surface area contributed by atoms with Crippen LogP contribution in [0.5, 0.6) is 5.75 Å². The van der Waals surface area contributed by atoms with Gasteiger partial charge in [0.15, 0.2) is 17.2 Å². The number of nitrogens with one attached hydrogen (secondary N) is 3. The van der Waals surface area contributed by atoms with Gasteiger partial charge in [0.2, 0.25) is 5.91 Å². The third-order valence-electron chi connectivity index (χ3n) is 6.83. The Labute approximate surface area is 264 Å². The van der Waals surface area contributed by atoms with Crippen molar-refractivity contribution in [2.24, 2.45) is 5.92 Å². The van der Waals surface area contributed by atoms with Crippen LogP contribution in [0, 0.1) is 5.92 Å². The van der Waals surface area contributed by atoms with Crippen molar-refractivity contribution in [3.8, 4) is 16.2 Å². The molecule has 1 atom stereocenters. The lowest BCUT2D eigenvalue weighted by Gasteiger charge is -2.31. The van der Waals surface area contributed by atoms with Crippen molar-refractivity contribution in [3.63, 3.8) is 0 Å². The number of benzene rings is 2. The lowest BCUT2D eigenvalue weighted by atomic mass is 9.89. The molecule has 3 N–H and O–H groups in total. The van der Waals surface area contributed by atoms with E-state index in [9.17, 15) is 14.4 Å². The Kier molecular flexibility index (Phi) is 11.2. The largest absolute Gasteiger partial charge is 0.479 e. The minimum absolute atomic E-state index is 0.0516. The predicted octanol–water partition coefficient (Wildman–Crippen LogP) is 5.78. The zero-order valence-corrected chi connectivity index (χ0v) is 27.2. The highest BCUT2D eigenvalue weighted by Crippen LogP contribution is 2.46. The number of rotatable bonds is 11. The first-order valence-electron chi connectivity index (χ1n) is 14.2. The van der Waals surface area contributed by atoms with Gasteiger partial charge in [-0.2, -0.15) is 0 Å². The third kappa shape index (κ3) is 9.04. The SMILES string of the molecule is COC(=O)c1sc(-c2cccc(NC(C(=O)NCc3ccccc3)C3CCNCC3)c2)c(Br)c1OCC(=O)OC(C)(C)C. The van der Waals surface area contributed by atoms with Gasteiger partial charge in [0.25, 0.3) is 0 Å². The minimum Gasteiger partial charge on any atom is -0.479 e. The molecule has 230 valence electrons. The molecule has 43 heavy (non-hydrogen) atoms. The van der Waals surface area contributed by atoms with Gasteiger partial charge < -0.3 is 30.2 Å². The summed E-state index contributed by atoms with van der Waals surface area (Å²) in [6.45, 7) is 7.12. The summed E-state index contributed by atoms with van der Waals surface area (Å²) < 4.78 is 16.6. The van der Waals surface area contributed by atoms with Gasteiger partial charge in [-0.1, -0.05) is 42.5 Å². The molecule has 1 fully saturated rings. The van der Waals surface area contributed by atoms with E-state index in [-0.39, 0.29) is 29.1 Å². The number of hydrogen-bond acceptors (Lipinski definition) is 9. The van der Waals surface area contributed by atoms with Gasteiger partial charge in [-0.15, -0.1) is 11.3 Å². The van der Waals surface area contributed by atoms with Gasteiger partial charge in [0, 0.05) is 12.2 Å². The lowest BCUT2D eigenvalue weighted by molar-refractivity contribution is -0.157. The third-order valence-corrected chi connectivity index (χ3v) is 9.05. The fraction of sp³-hybridized carbons (Fsp3) is 0.406. The molecular formula is C32H38BrN3O6S. The molecule has 3 aromatic rings. The van der Waals surface area contributed by atoms with E-state index in [0.717, 1.165) is 47.6 Å². The summed E-state index contributed by atoms with van der Waals surface area (Å²) in [5.41, 5.74) is 1.94. The standard InChI is InChI=1S/C32H38BrN3O6S/c1-32(2,3)42-24(37)19-41-27-25(33)28(43-29(27)31(39)40-4)22-11-8-12-23(17-22)36-26(21-13-15-34-16-14-21)30(38)35-18-20-9-6-5-7-10-20/h5-12,17,21,26,34,36H,13-16,18-19H2,1-4H3,(H,35,38). The van der Waals surface area contributed by atoms with E-state index in [0.29, 0.717) is 11.0 Å². The molecule has 1 aliphatic heterocycles. The Bertz CT molecular complexity index is 1420. The van der Waals surface area contributed by atoms with Gasteiger partial charge >= 0.3 is 11.9 Å². The quantitative estimate of drug-likeness (QED) is 0.220. The van der Waals surface area contributed by atoms with Crippen LogP contribution in [0.3, 0.4) is 0 Å². The average molecular weight is 673 g/mol. The van der Waals surface area contributed by atoms with E-state index in [2.05, 4.69) is 31.9 Å². The topological polar surface area (TPSA) is 115 Å². The zero-order chi connectivity index (χ0) is 31.0. The Balaban J connectivity index is 1.57. The van der Waals surface area contributed by atoms with Crippen molar-refractivity contribution in [2.75, 3.05) is 32.1 Å². The summed E-state index contributed by atoms with van der Waals surface area (Å²) in [4.78, 5) is 39.4. The maximum Gasteiger partial charge on any atom is 0.351 e. The summed E-state index contributed by atoms with van der Waals surface area (Å²) >= 11 is 4.78. The number of carbonyl (C=O) groups excluding carboxylic acids is 3. The molecule has 0 aliphatic carbocycles. The Hall–Kier alpha value is -3.41. The maximum absolute atomic E-state index is 13.5. The number of ether oxygens (including phenoxy) is 3. The number of thiophene rings is 1. The Morgan fingerprint density at radius 2 is 1.79 bits per heavy atom. The lowest BCUT2D eigenvalue weighted by Crippen LogP contribution is -2.47. The van der Waals surface area contributed by atoms with Crippen LogP contribution in [-0.2, 0) is 25.6 Å². The van der Waals surface area contributed by atoms with Gasteiger partial charge in [-0.25, -0.2) is 9.59 Å². The fourth-order valence-corrected chi connectivity index (χ4v) is 6.81. The van der Waals surface area contributed by atoms with E-state index in [1.807, 2.05) is 54.6 Å². The monoisotopic (exact) mass is 671 g/mol. The van der Waals surface area contributed by atoms with Gasteiger partial charge in [0.1, 0.15) is 11.6 Å². The van der Waals surface area contributed by atoms with Crippen LogP contribution >= 0.6 is 27.3 Å². The second-order valence-corrected chi connectivity index (χ2v) is 13.1. The summed E-state index contributed by atoms with van der Waals surface area (Å²) in [5, 5.41) is 9.98. The molecule has 0 spiro atoms. The van der Waals surface area contributed by atoms with Crippen LogP contribution in [0.4, 0.5) is 5.69 Å². The van der Waals surface area contributed by atoms with Crippen molar-refractivity contribution < 1.29 is 28.6 Å². The number of amides is 1. The first-order chi connectivity index (χ1) is 20.6. The Morgan fingerprint density at radius 3 is 2.47 bits per heavy atom. The van der Waals surface area contributed by atoms with E-state index in [4.69, 9.17) is 14.2 Å².